The lowest BCUT2D eigenvalue weighted by Gasteiger charge is -2.33. The van der Waals surface area contributed by atoms with E-state index in [2.05, 4.69) is 5.32 Å². The number of aliphatic hydroxyl groups is 1. The van der Waals surface area contributed by atoms with Gasteiger partial charge in [-0.25, -0.2) is 8.42 Å². The summed E-state index contributed by atoms with van der Waals surface area (Å²) in [6, 6.07) is 20.0. The van der Waals surface area contributed by atoms with Crippen molar-refractivity contribution < 1.29 is 27.9 Å². The van der Waals surface area contributed by atoms with Gasteiger partial charge in [-0.1, -0.05) is 48.9 Å². The van der Waals surface area contributed by atoms with Crippen LogP contribution in [0.3, 0.4) is 0 Å². The number of nitrogens with zero attached hydrogens (tertiary/aromatic N) is 2. The molecule has 224 valence electrons. The van der Waals surface area contributed by atoms with E-state index in [1.807, 2.05) is 37.3 Å². The van der Waals surface area contributed by atoms with Crippen LogP contribution in [0.1, 0.15) is 25.0 Å². The number of carbonyl (C=O) groups excluding carboxylic acids is 2. The third-order valence-corrected chi connectivity index (χ3v) is 9.46. The maximum atomic E-state index is 13.5. The Morgan fingerprint density at radius 3 is 2.50 bits per heavy atom. The molecule has 0 radical (unpaired) electrons. The molecular weight excluding hydrogens is 578 g/mol. The maximum Gasteiger partial charge on any atom is 0.242 e. The number of hydrogen-bond donors (Lipinski definition) is 2. The first-order chi connectivity index (χ1) is 20.0. The van der Waals surface area contributed by atoms with E-state index in [0.29, 0.717) is 22.0 Å². The minimum absolute atomic E-state index is 0.0106. The van der Waals surface area contributed by atoms with Crippen LogP contribution in [-0.2, 0) is 32.5 Å². The van der Waals surface area contributed by atoms with Crippen molar-refractivity contribution in [3.8, 4) is 5.75 Å². The molecule has 4 rings (SSSR count). The monoisotopic (exact) mass is 613 g/mol. The molecule has 9 nitrogen and oxygen atoms in total. The molecule has 0 saturated heterocycles. The number of halogens is 1. The summed E-state index contributed by atoms with van der Waals surface area (Å²) < 4.78 is 34.3. The van der Waals surface area contributed by atoms with Crippen molar-refractivity contribution >= 4 is 39.1 Å². The van der Waals surface area contributed by atoms with Crippen LogP contribution in [0.4, 0.5) is 5.69 Å². The predicted molar refractivity (Wildman–Crippen MR) is 162 cm³/mol. The number of nitrogens with one attached hydrogen (secondary N) is 1. The zero-order chi connectivity index (χ0) is 30.4. The summed E-state index contributed by atoms with van der Waals surface area (Å²) in [7, 11) is -2.37. The molecular formula is C31H36ClN3O6S. The Morgan fingerprint density at radius 1 is 1.14 bits per heavy atom. The molecule has 3 aromatic rings. The van der Waals surface area contributed by atoms with E-state index in [9.17, 15) is 23.1 Å². The lowest BCUT2D eigenvalue weighted by atomic mass is 10.0. The maximum absolute atomic E-state index is 13.5. The van der Waals surface area contributed by atoms with Crippen LogP contribution in [0.5, 0.6) is 5.75 Å². The Bertz CT molecular complexity index is 1500. The number of rotatable bonds is 9. The molecule has 0 fully saturated rings. The molecule has 0 spiro atoms. The summed E-state index contributed by atoms with van der Waals surface area (Å²) in [6.07, 6.45) is -0.447. The first-order valence-corrected chi connectivity index (χ1v) is 15.5. The van der Waals surface area contributed by atoms with E-state index in [-0.39, 0.29) is 55.2 Å². The van der Waals surface area contributed by atoms with Gasteiger partial charge in [-0.15, -0.1) is 0 Å². The number of likely N-dealkylation sites (N-methyl/N-ethyl adjacent to an activating group) is 1. The number of aliphatic hydroxyl groups excluding tert-OH is 1. The van der Waals surface area contributed by atoms with Gasteiger partial charge in [0.05, 0.1) is 36.9 Å². The van der Waals surface area contributed by atoms with Crippen molar-refractivity contribution in [1.82, 2.24) is 9.21 Å². The van der Waals surface area contributed by atoms with Crippen molar-refractivity contribution in [2.75, 3.05) is 32.1 Å². The summed E-state index contributed by atoms with van der Waals surface area (Å²) >= 11 is 5.95. The number of sulfonamides is 1. The zero-order valence-corrected chi connectivity index (χ0v) is 25.4. The Kier molecular flexibility index (Phi) is 10.3. The molecule has 2 amide bonds. The summed E-state index contributed by atoms with van der Waals surface area (Å²) in [6.45, 7) is 3.69. The van der Waals surface area contributed by atoms with Crippen molar-refractivity contribution in [1.29, 1.82) is 0 Å². The number of carbonyl (C=O) groups is 2. The van der Waals surface area contributed by atoms with E-state index in [1.165, 1.54) is 35.6 Å². The molecule has 2 N–H and O–H groups in total. The van der Waals surface area contributed by atoms with Crippen LogP contribution in [0.2, 0.25) is 5.02 Å². The average Bonchev–Trinajstić information content (AvgIpc) is 3.00. The average molecular weight is 614 g/mol. The van der Waals surface area contributed by atoms with Crippen molar-refractivity contribution in [3.63, 3.8) is 0 Å². The first-order valence-electron chi connectivity index (χ1n) is 13.7. The largest absolute Gasteiger partial charge is 0.488 e. The molecule has 0 saturated carbocycles. The molecule has 3 aromatic carbocycles. The summed E-state index contributed by atoms with van der Waals surface area (Å²) in [5.74, 6) is -0.268. The van der Waals surface area contributed by atoms with Crippen LogP contribution in [0, 0.1) is 5.92 Å². The quantitative estimate of drug-likeness (QED) is 0.377. The van der Waals surface area contributed by atoms with Gasteiger partial charge in [-0.05, 0) is 55.0 Å². The smallest absolute Gasteiger partial charge is 0.242 e. The summed E-state index contributed by atoms with van der Waals surface area (Å²) in [5.41, 5.74) is 1.94. The number of hydrogen-bond acceptors (Lipinski definition) is 6. The standard InChI is InChI=1S/C31H36ClN3O6S/c1-21-18-35(22(2)20-36)31(38)17-24-16-26(33-30(37)15-23-7-5-4-6-8-23)11-14-28(24)41-29(21)19-34(3)42(39,40)27-12-9-25(32)10-13-27/h4-14,16,21-22,29,36H,15,17-20H2,1-3H3,(H,33,37)/t21-,22+,29-/m1/s1. The Hall–Kier alpha value is -3.44. The molecule has 0 unspecified atom stereocenters. The first kappa shape index (κ1) is 31.5. The lowest BCUT2D eigenvalue weighted by Crippen LogP contribution is -2.48. The second kappa shape index (κ2) is 13.7. The SMILES string of the molecule is C[C@@H]1CN([C@@H](C)CO)C(=O)Cc2cc(NC(=O)Cc3ccccc3)ccc2O[C@@H]1CN(C)S(=O)(=O)c1ccc(Cl)cc1. The van der Waals surface area contributed by atoms with E-state index in [1.54, 1.807) is 30.0 Å². The molecule has 1 heterocycles. The molecule has 3 atom stereocenters. The third-order valence-electron chi connectivity index (χ3n) is 7.37. The Balaban J connectivity index is 1.62. The highest BCUT2D eigenvalue weighted by Gasteiger charge is 2.33. The second-order valence-corrected chi connectivity index (χ2v) is 13.1. The van der Waals surface area contributed by atoms with Crippen molar-refractivity contribution in [3.05, 3.63) is 88.9 Å². The Morgan fingerprint density at radius 2 is 1.83 bits per heavy atom. The van der Waals surface area contributed by atoms with Crippen LogP contribution in [0.15, 0.2) is 77.7 Å². The zero-order valence-electron chi connectivity index (χ0n) is 23.9. The molecule has 0 aliphatic carbocycles. The molecule has 42 heavy (non-hydrogen) atoms. The predicted octanol–water partition coefficient (Wildman–Crippen LogP) is 3.99. The normalized spacial score (nSPS) is 18.3. The van der Waals surface area contributed by atoms with Gasteiger partial charge in [-0.3, -0.25) is 9.59 Å². The van der Waals surface area contributed by atoms with E-state index >= 15 is 0 Å². The topological polar surface area (TPSA) is 116 Å². The molecule has 0 aromatic heterocycles. The van der Waals surface area contributed by atoms with Gasteiger partial charge in [-0.2, -0.15) is 4.31 Å². The van der Waals surface area contributed by atoms with E-state index < -0.39 is 22.2 Å². The van der Waals surface area contributed by atoms with Crippen LogP contribution < -0.4 is 10.1 Å². The van der Waals surface area contributed by atoms with Crippen molar-refractivity contribution in [2.45, 2.75) is 43.7 Å². The van der Waals surface area contributed by atoms with Gasteiger partial charge in [0.15, 0.2) is 0 Å². The van der Waals surface area contributed by atoms with Gasteiger partial charge in [0.25, 0.3) is 0 Å². The van der Waals surface area contributed by atoms with Gasteiger partial charge >= 0.3 is 0 Å². The fourth-order valence-corrected chi connectivity index (χ4v) is 6.16. The number of anilines is 1. The van der Waals surface area contributed by atoms with Gasteiger partial charge in [0.1, 0.15) is 11.9 Å². The number of benzene rings is 3. The summed E-state index contributed by atoms with van der Waals surface area (Å²) in [5, 5.41) is 13.2. The highest BCUT2D eigenvalue weighted by Crippen LogP contribution is 2.30. The van der Waals surface area contributed by atoms with E-state index in [4.69, 9.17) is 16.3 Å². The second-order valence-electron chi connectivity index (χ2n) is 10.7. The number of fused-ring (bicyclic) bond motifs is 1. The highest BCUT2D eigenvalue weighted by molar-refractivity contribution is 7.89. The number of amides is 2. The van der Waals surface area contributed by atoms with Gasteiger partial charge in [0.2, 0.25) is 21.8 Å². The lowest BCUT2D eigenvalue weighted by molar-refractivity contribution is -0.134. The van der Waals surface area contributed by atoms with Crippen LogP contribution in [0.25, 0.3) is 0 Å². The van der Waals surface area contributed by atoms with Crippen LogP contribution >= 0.6 is 11.6 Å². The fourth-order valence-electron chi connectivity index (χ4n) is 4.85. The molecule has 1 aliphatic heterocycles. The fraction of sp³-hybridized carbons (Fsp3) is 0.355. The molecule has 1 aliphatic rings. The molecule has 0 bridgehead atoms. The van der Waals surface area contributed by atoms with Crippen LogP contribution in [-0.4, -0.2) is 73.4 Å². The summed E-state index contributed by atoms with van der Waals surface area (Å²) in [4.78, 5) is 27.9. The van der Waals surface area contributed by atoms with Gasteiger partial charge < -0.3 is 20.1 Å². The minimum Gasteiger partial charge on any atom is -0.488 e. The number of ether oxygens (including phenoxy) is 1. The van der Waals surface area contributed by atoms with Gasteiger partial charge in [0, 0.05) is 35.8 Å². The molecule has 11 heteroatoms. The highest BCUT2D eigenvalue weighted by atomic mass is 35.5. The van der Waals surface area contributed by atoms with Crippen molar-refractivity contribution in [2.24, 2.45) is 5.92 Å². The van der Waals surface area contributed by atoms with E-state index in [0.717, 1.165) is 5.56 Å². The Labute approximate surface area is 252 Å². The third kappa shape index (κ3) is 7.69. The minimum atomic E-state index is -3.85.